The number of nitrogens with zero attached hydrogens (tertiary/aromatic N) is 2. The summed E-state index contributed by atoms with van der Waals surface area (Å²) in [5.74, 6) is -0.166. The molecule has 2 aliphatic heterocycles. The van der Waals surface area contributed by atoms with E-state index < -0.39 is 0 Å². The molecule has 2 fully saturated rings. The molecule has 1 N–H and O–H groups in total. The minimum absolute atomic E-state index is 0.0475. The van der Waals surface area contributed by atoms with Gasteiger partial charge in [0.1, 0.15) is 6.42 Å². The van der Waals surface area contributed by atoms with E-state index in [2.05, 4.69) is 5.32 Å². The normalized spacial score (nSPS) is 19.8. The molecule has 0 saturated carbocycles. The minimum Gasteiger partial charge on any atom is -0.381 e. The van der Waals surface area contributed by atoms with Crippen LogP contribution in [-0.4, -0.2) is 49.1 Å². The molecule has 0 aliphatic carbocycles. The van der Waals surface area contributed by atoms with Gasteiger partial charge in [-0.15, -0.1) is 0 Å². The molecule has 2 amide bonds. The van der Waals surface area contributed by atoms with Gasteiger partial charge < -0.3 is 15.0 Å². The van der Waals surface area contributed by atoms with Crippen LogP contribution < -0.4 is 5.32 Å². The summed E-state index contributed by atoms with van der Waals surface area (Å²) in [5, 5.41) is 11.5. The van der Waals surface area contributed by atoms with Gasteiger partial charge in [-0.3, -0.25) is 9.59 Å². The molecule has 0 aromatic heterocycles. The van der Waals surface area contributed by atoms with Crippen LogP contribution in [0.15, 0.2) is 11.6 Å². The van der Waals surface area contributed by atoms with Gasteiger partial charge in [0, 0.05) is 25.2 Å². The second-order valence-electron chi connectivity index (χ2n) is 5.41. The van der Waals surface area contributed by atoms with Gasteiger partial charge in [-0.05, 0) is 25.7 Å². The van der Waals surface area contributed by atoms with Gasteiger partial charge in [0.2, 0.25) is 11.8 Å². The van der Waals surface area contributed by atoms with Gasteiger partial charge in [-0.25, -0.2) is 0 Å². The van der Waals surface area contributed by atoms with E-state index in [9.17, 15) is 9.59 Å². The molecule has 114 valence electrons. The maximum atomic E-state index is 11.9. The van der Waals surface area contributed by atoms with Crippen molar-refractivity contribution in [3.63, 3.8) is 0 Å². The highest BCUT2D eigenvalue weighted by molar-refractivity contribution is 5.88. The van der Waals surface area contributed by atoms with E-state index in [1.807, 2.05) is 6.07 Å². The molecule has 21 heavy (non-hydrogen) atoms. The molecule has 2 heterocycles. The van der Waals surface area contributed by atoms with Gasteiger partial charge in [-0.2, -0.15) is 5.26 Å². The first kappa shape index (κ1) is 15.5. The van der Waals surface area contributed by atoms with Crippen molar-refractivity contribution in [2.75, 3.05) is 26.3 Å². The monoisotopic (exact) mass is 291 g/mol. The Balaban J connectivity index is 1.74. The Morgan fingerprint density at radius 2 is 2.00 bits per heavy atom. The van der Waals surface area contributed by atoms with Crippen LogP contribution in [0.25, 0.3) is 0 Å². The smallest absolute Gasteiger partial charge is 0.244 e. The fourth-order valence-corrected chi connectivity index (χ4v) is 2.66. The number of hydrogen-bond acceptors (Lipinski definition) is 4. The number of ether oxygens (including phenoxy) is 1. The molecular weight excluding hydrogens is 270 g/mol. The number of nitriles is 1. The fourth-order valence-electron chi connectivity index (χ4n) is 2.66. The predicted molar refractivity (Wildman–Crippen MR) is 76.1 cm³/mol. The summed E-state index contributed by atoms with van der Waals surface area (Å²) < 4.78 is 5.25. The Hall–Kier alpha value is -1.87. The first-order valence-corrected chi connectivity index (χ1v) is 7.41. The van der Waals surface area contributed by atoms with E-state index in [0.717, 1.165) is 31.3 Å². The third-order valence-corrected chi connectivity index (χ3v) is 3.89. The van der Waals surface area contributed by atoms with Crippen LogP contribution in [0.1, 0.15) is 32.1 Å². The second-order valence-corrected chi connectivity index (χ2v) is 5.41. The SMILES string of the molecule is N#CCC(=O)N1CCC(NC(=O)C=C2CCOCC2)CC1. The summed E-state index contributed by atoms with van der Waals surface area (Å²) in [6.07, 6.45) is 4.77. The lowest BCUT2D eigenvalue weighted by Gasteiger charge is -2.31. The summed E-state index contributed by atoms with van der Waals surface area (Å²) in [4.78, 5) is 25.2. The van der Waals surface area contributed by atoms with E-state index in [4.69, 9.17) is 10.00 Å². The number of piperidine rings is 1. The molecular formula is C15H21N3O3. The molecule has 0 bridgehead atoms. The average Bonchev–Trinajstić information content (AvgIpc) is 2.49. The Morgan fingerprint density at radius 3 is 2.62 bits per heavy atom. The van der Waals surface area contributed by atoms with Crippen molar-refractivity contribution in [2.24, 2.45) is 0 Å². The lowest BCUT2D eigenvalue weighted by Crippen LogP contribution is -2.46. The first-order chi connectivity index (χ1) is 10.2. The molecule has 2 aliphatic rings. The zero-order valence-electron chi connectivity index (χ0n) is 12.1. The van der Waals surface area contributed by atoms with Gasteiger partial charge in [0.25, 0.3) is 0 Å². The fraction of sp³-hybridized carbons (Fsp3) is 0.667. The van der Waals surface area contributed by atoms with Crippen LogP contribution in [0.5, 0.6) is 0 Å². The molecule has 0 aromatic rings. The lowest BCUT2D eigenvalue weighted by molar-refractivity contribution is -0.131. The molecule has 0 aromatic carbocycles. The molecule has 0 unspecified atom stereocenters. The van der Waals surface area contributed by atoms with Crippen molar-refractivity contribution in [2.45, 2.75) is 38.1 Å². The molecule has 0 spiro atoms. The zero-order chi connectivity index (χ0) is 15.1. The number of rotatable bonds is 3. The van der Waals surface area contributed by atoms with Gasteiger partial charge in [0.15, 0.2) is 0 Å². The maximum absolute atomic E-state index is 11.9. The highest BCUT2D eigenvalue weighted by Crippen LogP contribution is 2.14. The summed E-state index contributed by atoms with van der Waals surface area (Å²) >= 11 is 0. The Bertz CT molecular complexity index is 451. The highest BCUT2D eigenvalue weighted by Gasteiger charge is 2.23. The number of carbonyl (C=O) groups excluding carboxylic acids is 2. The van der Waals surface area contributed by atoms with Gasteiger partial charge >= 0.3 is 0 Å². The summed E-state index contributed by atoms with van der Waals surface area (Å²) in [5.41, 5.74) is 1.14. The zero-order valence-corrected chi connectivity index (χ0v) is 12.1. The van der Waals surface area contributed by atoms with Gasteiger partial charge in [0.05, 0.1) is 19.3 Å². The topological polar surface area (TPSA) is 82.4 Å². The van der Waals surface area contributed by atoms with Gasteiger partial charge in [-0.1, -0.05) is 5.57 Å². The quantitative estimate of drug-likeness (QED) is 0.778. The van der Waals surface area contributed by atoms with E-state index in [1.165, 1.54) is 0 Å². The number of carbonyl (C=O) groups is 2. The van der Waals surface area contributed by atoms with Crippen molar-refractivity contribution in [1.82, 2.24) is 10.2 Å². The van der Waals surface area contributed by atoms with E-state index in [-0.39, 0.29) is 24.3 Å². The van der Waals surface area contributed by atoms with Crippen LogP contribution in [0, 0.1) is 11.3 Å². The first-order valence-electron chi connectivity index (χ1n) is 7.41. The number of likely N-dealkylation sites (tertiary alicyclic amines) is 1. The summed E-state index contributed by atoms with van der Waals surface area (Å²) in [6.45, 7) is 2.60. The van der Waals surface area contributed by atoms with E-state index in [0.29, 0.717) is 26.3 Å². The van der Waals surface area contributed by atoms with Crippen LogP contribution in [0.2, 0.25) is 0 Å². The van der Waals surface area contributed by atoms with E-state index in [1.54, 1.807) is 11.0 Å². The average molecular weight is 291 g/mol. The third-order valence-electron chi connectivity index (χ3n) is 3.89. The van der Waals surface area contributed by atoms with Crippen molar-refractivity contribution < 1.29 is 14.3 Å². The molecule has 2 rings (SSSR count). The van der Waals surface area contributed by atoms with Crippen molar-refractivity contribution in [3.8, 4) is 6.07 Å². The molecule has 6 heteroatoms. The maximum Gasteiger partial charge on any atom is 0.244 e. The van der Waals surface area contributed by atoms with Crippen molar-refractivity contribution in [1.29, 1.82) is 5.26 Å². The largest absolute Gasteiger partial charge is 0.381 e. The minimum atomic E-state index is -0.119. The lowest BCUT2D eigenvalue weighted by atomic mass is 10.0. The third kappa shape index (κ3) is 4.87. The predicted octanol–water partition coefficient (Wildman–Crippen LogP) is 0.744. The molecule has 0 radical (unpaired) electrons. The molecule has 6 nitrogen and oxygen atoms in total. The van der Waals surface area contributed by atoms with Crippen LogP contribution in [-0.2, 0) is 14.3 Å². The molecule has 0 atom stereocenters. The van der Waals surface area contributed by atoms with Crippen molar-refractivity contribution >= 4 is 11.8 Å². The number of amides is 2. The number of hydrogen-bond donors (Lipinski definition) is 1. The highest BCUT2D eigenvalue weighted by atomic mass is 16.5. The Kier molecular flexibility index (Phi) is 5.76. The summed E-state index contributed by atoms with van der Waals surface area (Å²) in [6, 6.07) is 1.99. The van der Waals surface area contributed by atoms with E-state index >= 15 is 0 Å². The van der Waals surface area contributed by atoms with Crippen LogP contribution in [0.4, 0.5) is 0 Å². The number of nitrogens with one attached hydrogen (secondary N) is 1. The Labute approximate surface area is 124 Å². The molecule has 2 saturated heterocycles. The standard InChI is InChI=1S/C15H21N3O3/c16-6-1-15(20)18-7-2-13(3-8-18)17-14(19)11-12-4-9-21-10-5-12/h11,13H,1-5,7-10H2,(H,17,19). The van der Waals surface area contributed by atoms with Crippen LogP contribution in [0.3, 0.4) is 0 Å². The second kappa shape index (κ2) is 7.79. The van der Waals surface area contributed by atoms with Crippen LogP contribution >= 0.6 is 0 Å². The Morgan fingerprint density at radius 1 is 1.33 bits per heavy atom. The van der Waals surface area contributed by atoms with Crippen molar-refractivity contribution in [3.05, 3.63) is 11.6 Å². The summed E-state index contributed by atoms with van der Waals surface area (Å²) in [7, 11) is 0.